The Morgan fingerprint density at radius 2 is 2.27 bits per heavy atom. The lowest BCUT2D eigenvalue weighted by Crippen LogP contribution is -1.95. The number of pyridine rings is 1. The van der Waals surface area contributed by atoms with Crippen molar-refractivity contribution in [3.63, 3.8) is 0 Å². The first kappa shape index (κ1) is 9.60. The smallest absolute Gasteiger partial charge is 0.275 e. The average molecular weight is 221 g/mol. The maximum atomic E-state index is 10.6. The Hall–Kier alpha value is -1.95. The van der Waals surface area contributed by atoms with Crippen molar-refractivity contribution in [2.75, 3.05) is 5.73 Å². The first-order valence-corrected chi connectivity index (χ1v) is 5.00. The van der Waals surface area contributed by atoms with Gasteiger partial charge in [-0.25, -0.2) is 4.98 Å². The maximum absolute atomic E-state index is 10.6. The molecule has 0 amide bonds. The molecule has 0 spiro atoms. The van der Waals surface area contributed by atoms with Gasteiger partial charge in [-0.05, 0) is 11.4 Å². The summed E-state index contributed by atoms with van der Waals surface area (Å²) in [4.78, 5) is 15.0. The highest BCUT2D eigenvalue weighted by atomic mass is 32.1. The number of nitrogens with zero attached hydrogens (tertiary/aromatic N) is 2. The van der Waals surface area contributed by atoms with Crippen LogP contribution in [0.2, 0.25) is 0 Å². The summed E-state index contributed by atoms with van der Waals surface area (Å²) in [6.45, 7) is 0. The predicted molar refractivity (Wildman–Crippen MR) is 58.6 cm³/mol. The van der Waals surface area contributed by atoms with E-state index in [0.717, 1.165) is 4.88 Å². The molecule has 2 aromatic rings. The average Bonchev–Trinajstić information content (AvgIpc) is 2.69. The molecule has 15 heavy (non-hydrogen) atoms. The fourth-order valence-electron chi connectivity index (χ4n) is 1.19. The van der Waals surface area contributed by atoms with Gasteiger partial charge in [0.15, 0.2) is 0 Å². The van der Waals surface area contributed by atoms with Crippen LogP contribution in [-0.2, 0) is 0 Å². The first-order valence-electron chi connectivity index (χ1n) is 4.12. The van der Waals surface area contributed by atoms with Crippen LogP contribution in [0.1, 0.15) is 0 Å². The molecule has 0 unspecified atom stereocenters. The van der Waals surface area contributed by atoms with Crippen LogP contribution in [0, 0.1) is 10.1 Å². The highest BCUT2D eigenvalue weighted by Crippen LogP contribution is 2.27. The monoisotopic (exact) mass is 221 g/mol. The zero-order valence-electron chi connectivity index (χ0n) is 7.58. The third-order valence-corrected chi connectivity index (χ3v) is 2.71. The summed E-state index contributed by atoms with van der Waals surface area (Å²) in [5.74, 6) is 0.160. The van der Waals surface area contributed by atoms with Gasteiger partial charge in [0, 0.05) is 6.07 Å². The van der Waals surface area contributed by atoms with Crippen LogP contribution in [0.4, 0.5) is 11.5 Å². The van der Waals surface area contributed by atoms with E-state index in [1.54, 1.807) is 0 Å². The number of hydrogen-bond donors (Lipinski definition) is 1. The van der Waals surface area contributed by atoms with E-state index in [-0.39, 0.29) is 11.5 Å². The normalized spacial score (nSPS) is 10.1. The zero-order chi connectivity index (χ0) is 10.8. The lowest BCUT2D eigenvalue weighted by molar-refractivity contribution is -0.384. The second kappa shape index (κ2) is 3.66. The van der Waals surface area contributed by atoms with Gasteiger partial charge in [0.2, 0.25) is 0 Å². The number of thiophene rings is 1. The summed E-state index contributed by atoms with van der Waals surface area (Å²) >= 11 is 1.46. The highest BCUT2D eigenvalue weighted by Gasteiger charge is 2.11. The highest BCUT2D eigenvalue weighted by molar-refractivity contribution is 7.13. The van der Waals surface area contributed by atoms with Crippen LogP contribution in [0.5, 0.6) is 0 Å². The van der Waals surface area contributed by atoms with E-state index >= 15 is 0 Å². The van der Waals surface area contributed by atoms with Crippen LogP contribution in [0.25, 0.3) is 10.6 Å². The minimum atomic E-state index is -0.477. The molecular formula is C9H7N3O2S. The van der Waals surface area contributed by atoms with Gasteiger partial charge in [0.25, 0.3) is 5.69 Å². The van der Waals surface area contributed by atoms with Crippen LogP contribution in [0.3, 0.4) is 0 Å². The van der Waals surface area contributed by atoms with E-state index in [0.29, 0.717) is 5.69 Å². The Morgan fingerprint density at radius 1 is 1.47 bits per heavy atom. The fraction of sp³-hybridized carbons (Fsp3) is 0. The molecular weight excluding hydrogens is 214 g/mol. The number of nitrogen functional groups attached to an aromatic ring is 1. The molecule has 76 valence electrons. The Morgan fingerprint density at radius 3 is 2.87 bits per heavy atom. The van der Waals surface area contributed by atoms with E-state index in [2.05, 4.69) is 4.98 Å². The van der Waals surface area contributed by atoms with Crippen molar-refractivity contribution in [3.05, 3.63) is 39.8 Å². The third kappa shape index (κ3) is 1.94. The molecule has 0 bridgehead atoms. The third-order valence-electron chi connectivity index (χ3n) is 1.81. The molecule has 0 saturated heterocycles. The van der Waals surface area contributed by atoms with Crippen molar-refractivity contribution in [1.29, 1.82) is 0 Å². The zero-order valence-corrected chi connectivity index (χ0v) is 8.40. The van der Waals surface area contributed by atoms with Gasteiger partial charge in [-0.3, -0.25) is 10.1 Å². The first-order chi connectivity index (χ1) is 7.16. The molecule has 0 atom stereocenters. The maximum Gasteiger partial charge on any atom is 0.275 e. The molecule has 5 nitrogen and oxygen atoms in total. The fourth-order valence-corrected chi connectivity index (χ4v) is 1.88. The quantitative estimate of drug-likeness (QED) is 0.623. The van der Waals surface area contributed by atoms with Gasteiger partial charge in [-0.1, -0.05) is 6.07 Å². The number of aromatic nitrogens is 1. The molecule has 2 rings (SSSR count). The summed E-state index contributed by atoms with van der Waals surface area (Å²) in [5.41, 5.74) is 5.99. The summed E-state index contributed by atoms with van der Waals surface area (Å²) in [7, 11) is 0. The minimum Gasteiger partial charge on any atom is -0.383 e. The van der Waals surface area contributed by atoms with E-state index in [4.69, 9.17) is 5.73 Å². The molecule has 2 heterocycles. The summed E-state index contributed by atoms with van der Waals surface area (Å²) < 4.78 is 0. The molecule has 0 saturated carbocycles. The molecule has 0 aliphatic heterocycles. The Labute approximate surface area is 89.3 Å². The predicted octanol–water partition coefficient (Wildman–Crippen LogP) is 2.30. The van der Waals surface area contributed by atoms with Gasteiger partial charge >= 0.3 is 0 Å². The van der Waals surface area contributed by atoms with Gasteiger partial charge in [-0.15, -0.1) is 11.3 Å². The molecule has 2 N–H and O–H groups in total. The summed E-state index contributed by atoms with van der Waals surface area (Å²) in [6.07, 6.45) is 0. The van der Waals surface area contributed by atoms with Crippen molar-refractivity contribution in [1.82, 2.24) is 4.98 Å². The summed E-state index contributed by atoms with van der Waals surface area (Å²) in [6, 6.07) is 6.37. The largest absolute Gasteiger partial charge is 0.383 e. The minimum absolute atomic E-state index is 0.0362. The van der Waals surface area contributed by atoms with Crippen molar-refractivity contribution in [3.8, 4) is 10.6 Å². The van der Waals surface area contributed by atoms with Gasteiger partial charge in [0.1, 0.15) is 5.82 Å². The van der Waals surface area contributed by atoms with E-state index < -0.39 is 4.92 Å². The van der Waals surface area contributed by atoms with Crippen molar-refractivity contribution in [2.24, 2.45) is 0 Å². The molecule has 6 heteroatoms. The molecule has 0 aliphatic carbocycles. The van der Waals surface area contributed by atoms with Crippen molar-refractivity contribution < 1.29 is 4.92 Å². The number of anilines is 1. The topological polar surface area (TPSA) is 82.0 Å². The lowest BCUT2D eigenvalue weighted by atomic mass is 10.2. The van der Waals surface area contributed by atoms with Gasteiger partial charge in [0.05, 0.1) is 21.6 Å². The molecule has 0 aromatic carbocycles. The van der Waals surface area contributed by atoms with Crippen molar-refractivity contribution in [2.45, 2.75) is 0 Å². The number of nitro groups is 1. The van der Waals surface area contributed by atoms with Gasteiger partial charge in [-0.2, -0.15) is 0 Å². The van der Waals surface area contributed by atoms with Crippen LogP contribution < -0.4 is 5.73 Å². The second-order valence-corrected chi connectivity index (χ2v) is 3.82. The van der Waals surface area contributed by atoms with E-state index in [9.17, 15) is 10.1 Å². The van der Waals surface area contributed by atoms with Crippen LogP contribution in [0.15, 0.2) is 29.6 Å². The Kier molecular flexibility index (Phi) is 2.34. The van der Waals surface area contributed by atoms with E-state index in [1.165, 1.54) is 23.5 Å². The van der Waals surface area contributed by atoms with Gasteiger partial charge < -0.3 is 5.73 Å². The van der Waals surface area contributed by atoms with E-state index in [1.807, 2.05) is 17.5 Å². The molecule has 0 radical (unpaired) electrons. The van der Waals surface area contributed by atoms with Crippen LogP contribution >= 0.6 is 11.3 Å². The lowest BCUT2D eigenvalue weighted by Gasteiger charge is -1.99. The number of hydrogen-bond acceptors (Lipinski definition) is 5. The Balaban J connectivity index is 2.54. The SMILES string of the molecule is Nc1cc([N+](=O)[O-])cc(-c2cccs2)n1. The molecule has 0 aliphatic rings. The number of nitrogens with two attached hydrogens (primary N) is 1. The van der Waals surface area contributed by atoms with Crippen molar-refractivity contribution >= 4 is 22.8 Å². The summed E-state index contributed by atoms with van der Waals surface area (Å²) in [5, 5.41) is 12.5. The molecule has 2 aromatic heterocycles. The molecule has 0 fully saturated rings. The number of rotatable bonds is 2. The standard InChI is InChI=1S/C9H7N3O2S/c10-9-5-6(12(13)14)4-7(11-9)8-2-1-3-15-8/h1-5H,(H2,10,11). The Bertz CT molecular complexity index is 496. The second-order valence-electron chi connectivity index (χ2n) is 2.87. The van der Waals surface area contributed by atoms with Crippen LogP contribution in [-0.4, -0.2) is 9.91 Å².